The monoisotopic (exact) mass is 444 g/mol. The maximum atomic E-state index is 12.8. The molecule has 0 spiro atoms. The summed E-state index contributed by atoms with van der Waals surface area (Å²) in [4.78, 5) is 13.3. The molecule has 12 heteroatoms. The van der Waals surface area contributed by atoms with E-state index in [1.807, 2.05) is 4.90 Å². The van der Waals surface area contributed by atoms with Crippen molar-refractivity contribution in [1.29, 1.82) is 0 Å². The number of aromatic nitrogens is 5. The summed E-state index contributed by atoms with van der Waals surface area (Å²) in [6, 6.07) is 8.82. The summed E-state index contributed by atoms with van der Waals surface area (Å²) in [6.45, 7) is 3.60. The number of benzene rings is 1. The third-order valence-corrected chi connectivity index (χ3v) is 5.17. The van der Waals surface area contributed by atoms with Gasteiger partial charge in [-0.2, -0.15) is 0 Å². The van der Waals surface area contributed by atoms with Crippen molar-refractivity contribution < 1.29 is 18.3 Å². The molecule has 0 saturated carbocycles. The van der Waals surface area contributed by atoms with Gasteiger partial charge in [0.1, 0.15) is 18.3 Å². The largest absolute Gasteiger partial charge is 0.470 e. The number of hydrogen-bond donors (Lipinski definition) is 2. The number of ether oxygens (including phenoxy) is 1. The molecule has 0 radical (unpaired) electrons. The first-order valence-corrected chi connectivity index (χ1v) is 9.96. The lowest BCUT2D eigenvalue weighted by atomic mass is 10.2. The van der Waals surface area contributed by atoms with Crippen molar-refractivity contribution in [2.75, 3.05) is 24.5 Å². The molecule has 1 aliphatic heterocycles. The van der Waals surface area contributed by atoms with Gasteiger partial charge in [-0.25, -0.2) is 13.5 Å². The number of nitrogens with one attached hydrogen (secondary N) is 1. The minimum atomic E-state index is -2.53. The van der Waals surface area contributed by atoms with E-state index in [1.54, 1.807) is 31.2 Å². The number of anilines is 1. The third kappa shape index (κ3) is 4.64. The Morgan fingerprint density at radius 2 is 2.00 bits per heavy atom. The first-order chi connectivity index (χ1) is 15.4. The Bertz CT molecular complexity index is 1070. The van der Waals surface area contributed by atoms with E-state index in [2.05, 4.69) is 25.8 Å². The average molecular weight is 444 g/mol. The minimum Gasteiger partial charge on any atom is -0.470 e. The maximum absolute atomic E-state index is 12.8. The second kappa shape index (κ2) is 9.22. The Morgan fingerprint density at radius 1 is 1.22 bits per heavy atom. The first-order valence-electron chi connectivity index (χ1n) is 9.96. The van der Waals surface area contributed by atoms with E-state index < -0.39 is 18.4 Å². The van der Waals surface area contributed by atoms with E-state index in [-0.39, 0.29) is 12.2 Å². The number of amides is 1. The van der Waals surface area contributed by atoms with Crippen LogP contribution in [0.25, 0.3) is 5.69 Å². The van der Waals surface area contributed by atoms with Crippen LogP contribution in [0.4, 0.5) is 14.6 Å². The zero-order valence-electron chi connectivity index (χ0n) is 17.3. The maximum Gasteiger partial charge on any atom is 0.263 e. The Hall–Kier alpha value is -3.67. The highest BCUT2D eigenvalue weighted by atomic mass is 19.3. The molecule has 4 rings (SSSR count). The molecule has 1 amide bonds. The van der Waals surface area contributed by atoms with Gasteiger partial charge in [0, 0.05) is 31.3 Å². The van der Waals surface area contributed by atoms with Crippen molar-refractivity contribution in [3.63, 3.8) is 0 Å². The van der Waals surface area contributed by atoms with Crippen LogP contribution in [-0.4, -0.2) is 56.8 Å². The van der Waals surface area contributed by atoms with E-state index in [1.165, 1.54) is 16.8 Å². The third-order valence-electron chi connectivity index (χ3n) is 5.17. The molecule has 3 N–H and O–H groups in total. The van der Waals surface area contributed by atoms with Gasteiger partial charge in [0.05, 0.1) is 11.4 Å². The number of nitrogens with two attached hydrogens (primary N) is 1. The smallest absolute Gasteiger partial charge is 0.263 e. The van der Waals surface area contributed by atoms with Crippen LogP contribution >= 0.6 is 0 Å². The summed E-state index contributed by atoms with van der Waals surface area (Å²) >= 11 is 0. The molecule has 1 aliphatic rings. The van der Waals surface area contributed by atoms with Crippen LogP contribution in [-0.2, 0) is 11.4 Å². The molecular weight excluding hydrogens is 422 g/mol. The number of carbonyl (C=O) groups excluding carboxylic acids is 1. The highest BCUT2D eigenvalue weighted by molar-refractivity contribution is 5.80. The van der Waals surface area contributed by atoms with Gasteiger partial charge >= 0.3 is 0 Å². The quantitative estimate of drug-likeness (QED) is 0.556. The topological polar surface area (TPSA) is 124 Å². The fraction of sp³-hybridized carbons (Fsp3) is 0.350. The van der Waals surface area contributed by atoms with Gasteiger partial charge in [0.15, 0.2) is 5.82 Å². The molecule has 3 heterocycles. The average Bonchev–Trinajstić information content (AvgIpc) is 3.18. The molecule has 3 aromatic rings. The van der Waals surface area contributed by atoms with Gasteiger partial charge < -0.3 is 20.7 Å². The highest BCUT2D eigenvalue weighted by Crippen LogP contribution is 2.22. The molecule has 10 nitrogen and oxygen atoms in total. The number of halogens is 2. The fourth-order valence-corrected chi connectivity index (χ4v) is 3.36. The Morgan fingerprint density at radius 3 is 2.66 bits per heavy atom. The zero-order chi connectivity index (χ0) is 22.7. The van der Waals surface area contributed by atoms with Crippen LogP contribution in [0.2, 0.25) is 0 Å². The molecule has 1 atom stereocenters. The summed E-state index contributed by atoms with van der Waals surface area (Å²) in [7, 11) is 0. The number of piperazine rings is 1. The molecule has 2 aromatic heterocycles. The minimum absolute atomic E-state index is 0.0645. The van der Waals surface area contributed by atoms with E-state index in [9.17, 15) is 13.6 Å². The predicted molar refractivity (Wildman–Crippen MR) is 111 cm³/mol. The highest BCUT2D eigenvalue weighted by Gasteiger charge is 2.24. The molecule has 32 heavy (non-hydrogen) atoms. The molecule has 0 unspecified atom stereocenters. The SMILES string of the molecule is Cc1nnn(-c2ccc(C(F)F)cc2)c1COc1ccc(N2CCN[C@H](C(N)=O)C2)nn1. The molecule has 168 valence electrons. The standard InChI is InChI=1S/C20H22F2N8O2/c1-12-16(30(28-25-12)14-4-2-13(3-5-14)19(21)22)11-32-18-7-6-17(26-27-18)29-9-8-24-15(10-29)20(23)31/h2-7,15,19,24H,8-11H2,1H3,(H2,23,31)/t15-/m0/s1. The second-order valence-corrected chi connectivity index (χ2v) is 7.30. The fourth-order valence-electron chi connectivity index (χ4n) is 3.36. The van der Waals surface area contributed by atoms with Gasteiger partial charge in [-0.05, 0) is 25.1 Å². The lowest BCUT2D eigenvalue weighted by Gasteiger charge is -2.32. The predicted octanol–water partition coefficient (Wildman–Crippen LogP) is 1.15. The summed E-state index contributed by atoms with van der Waals surface area (Å²) in [5.74, 6) is 0.509. The van der Waals surface area contributed by atoms with Crippen LogP contribution in [0.15, 0.2) is 36.4 Å². The first kappa shape index (κ1) is 21.6. The van der Waals surface area contributed by atoms with Crippen LogP contribution in [0, 0.1) is 6.92 Å². The summed E-state index contributed by atoms with van der Waals surface area (Å²) in [6.07, 6.45) is -2.53. The lowest BCUT2D eigenvalue weighted by Crippen LogP contribution is -2.56. The molecule has 1 aromatic carbocycles. The number of aryl methyl sites for hydroxylation is 1. The lowest BCUT2D eigenvalue weighted by molar-refractivity contribution is -0.120. The van der Waals surface area contributed by atoms with E-state index >= 15 is 0 Å². The van der Waals surface area contributed by atoms with Crippen molar-refractivity contribution in [2.45, 2.75) is 26.0 Å². The zero-order valence-corrected chi connectivity index (χ0v) is 17.3. The number of nitrogens with zero attached hydrogens (tertiary/aromatic N) is 6. The van der Waals surface area contributed by atoms with Crippen molar-refractivity contribution in [1.82, 2.24) is 30.5 Å². The van der Waals surface area contributed by atoms with E-state index in [0.29, 0.717) is 48.4 Å². The van der Waals surface area contributed by atoms with E-state index in [0.717, 1.165) is 0 Å². The van der Waals surface area contributed by atoms with Crippen molar-refractivity contribution >= 4 is 11.7 Å². The normalized spacial score (nSPS) is 16.4. The van der Waals surface area contributed by atoms with Gasteiger partial charge in [0.2, 0.25) is 11.8 Å². The van der Waals surface area contributed by atoms with Crippen molar-refractivity contribution in [3.05, 3.63) is 53.3 Å². The summed E-state index contributed by atoms with van der Waals surface area (Å²) < 4.78 is 32.9. The number of alkyl halides is 2. The second-order valence-electron chi connectivity index (χ2n) is 7.30. The number of primary amides is 1. The van der Waals surface area contributed by atoms with Gasteiger partial charge in [-0.3, -0.25) is 4.79 Å². The molecular formula is C20H22F2N8O2. The van der Waals surface area contributed by atoms with E-state index in [4.69, 9.17) is 10.5 Å². The molecule has 0 bridgehead atoms. The molecule has 1 saturated heterocycles. The van der Waals surface area contributed by atoms with Crippen LogP contribution in [0.1, 0.15) is 23.4 Å². The van der Waals surface area contributed by atoms with Crippen molar-refractivity contribution in [2.24, 2.45) is 5.73 Å². The van der Waals surface area contributed by atoms with Crippen LogP contribution < -0.4 is 20.7 Å². The van der Waals surface area contributed by atoms with Crippen LogP contribution in [0.3, 0.4) is 0 Å². The number of carbonyl (C=O) groups is 1. The number of rotatable bonds is 7. The van der Waals surface area contributed by atoms with Gasteiger partial charge in [0.25, 0.3) is 6.43 Å². The van der Waals surface area contributed by atoms with Crippen LogP contribution in [0.5, 0.6) is 5.88 Å². The Balaban J connectivity index is 1.43. The Labute approximate surface area is 182 Å². The molecule has 1 fully saturated rings. The molecule has 0 aliphatic carbocycles. The summed E-state index contributed by atoms with van der Waals surface area (Å²) in [5.41, 5.74) is 7.21. The van der Waals surface area contributed by atoms with Gasteiger partial charge in [-0.1, -0.05) is 17.3 Å². The van der Waals surface area contributed by atoms with Gasteiger partial charge in [-0.15, -0.1) is 15.3 Å². The Kier molecular flexibility index (Phi) is 6.21. The van der Waals surface area contributed by atoms with Crippen molar-refractivity contribution in [3.8, 4) is 11.6 Å². The number of hydrogen-bond acceptors (Lipinski definition) is 8. The summed E-state index contributed by atoms with van der Waals surface area (Å²) in [5, 5.41) is 19.5.